The van der Waals surface area contributed by atoms with Crippen LogP contribution in [0.5, 0.6) is 0 Å². The Kier molecular flexibility index (Phi) is 6.26. The van der Waals surface area contributed by atoms with Gasteiger partial charge in [0, 0.05) is 19.8 Å². The molecule has 0 aromatic rings. The SMILES string of the molecule is O=S(=O)(CC1CCCO1)NCCCCCO. The Balaban J connectivity index is 2.13. The molecule has 0 radical (unpaired) electrons. The second-order valence-corrected chi connectivity index (χ2v) is 5.95. The number of sulfonamides is 1. The van der Waals surface area contributed by atoms with E-state index in [-0.39, 0.29) is 18.5 Å². The molecular formula is C10H21NO4S. The van der Waals surface area contributed by atoms with E-state index in [0.29, 0.717) is 13.2 Å². The van der Waals surface area contributed by atoms with Crippen LogP contribution in [0.3, 0.4) is 0 Å². The fourth-order valence-electron chi connectivity index (χ4n) is 1.72. The Bertz CT molecular complexity index is 273. The molecule has 1 saturated heterocycles. The Hall–Kier alpha value is -0.170. The zero-order valence-electron chi connectivity index (χ0n) is 9.52. The summed E-state index contributed by atoms with van der Waals surface area (Å²) in [5, 5.41) is 8.56. The first kappa shape index (κ1) is 13.9. The molecule has 1 rings (SSSR count). The van der Waals surface area contributed by atoms with Gasteiger partial charge in [0.15, 0.2) is 0 Å². The van der Waals surface area contributed by atoms with Gasteiger partial charge in [0.05, 0.1) is 11.9 Å². The minimum Gasteiger partial charge on any atom is -0.396 e. The monoisotopic (exact) mass is 251 g/mol. The highest BCUT2D eigenvalue weighted by molar-refractivity contribution is 7.89. The van der Waals surface area contributed by atoms with Crippen LogP contribution < -0.4 is 4.72 Å². The average molecular weight is 251 g/mol. The number of hydrogen-bond donors (Lipinski definition) is 2. The van der Waals surface area contributed by atoms with Crippen LogP contribution in [0, 0.1) is 0 Å². The van der Waals surface area contributed by atoms with Crippen LogP contribution in [0.15, 0.2) is 0 Å². The quantitative estimate of drug-likeness (QED) is 0.606. The van der Waals surface area contributed by atoms with Crippen molar-refractivity contribution in [1.82, 2.24) is 4.72 Å². The van der Waals surface area contributed by atoms with E-state index < -0.39 is 10.0 Å². The number of aliphatic hydroxyl groups is 1. The zero-order valence-corrected chi connectivity index (χ0v) is 10.3. The molecule has 0 spiro atoms. The molecule has 5 nitrogen and oxygen atoms in total. The number of ether oxygens (including phenoxy) is 1. The molecule has 6 heteroatoms. The van der Waals surface area contributed by atoms with E-state index in [2.05, 4.69) is 4.72 Å². The van der Waals surface area contributed by atoms with Gasteiger partial charge in [0.1, 0.15) is 0 Å². The number of rotatable bonds is 8. The van der Waals surface area contributed by atoms with E-state index >= 15 is 0 Å². The van der Waals surface area contributed by atoms with Crippen molar-refractivity contribution in [1.29, 1.82) is 0 Å². The summed E-state index contributed by atoms with van der Waals surface area (Å²) in [7, 11) is -3.19. The predicted octanol–water partition coefficient (Wildman–Crippen LogP) is 0.247. The minimum atomic E-state index is -3.19. The van der Waals surface area contributed by atoms with Gasteiger partial charge in [-0.2, -0.15) is 0 Å². The lowest BCUT2D eigenvalue weighted by atomic mass is 10.2. The van der Waals surface area contributed by atoms with Crippen molar-refractivity contribution in [2.24, 2.45) is 0 Å². The van der Waals surface area contributed by atoms with Crippen molar-refractivity contribution in [3.63, 3.8) is 0 Å². The molecule has 0 aromatic heterocycles. The van der Waals surface area contributed by atoms with E-state index in [4.69, 9.17) is 9.84 Å². The van der Waals surface area contributed by atoms with Crippen molar-refractivity contribution in [2.45, 2.75) is 38.2 Å². The number of nitrogens with one attached hydrogen (secondary N) is 1. The van der Waals surface area contributed by atoms with Crippen molar-refractivity contribution in [2.75, 3.05) is 25.5 Å². The van der Waals surface area contributed by atoms with Crippen LogP contribution in [-0.4, -0.2) is 45.1 Å². The normalized spacial score (nSPS) is 21.4. The molecule has 2 N–H and O–H groups in total. The van der Waals surface area contributed by atoms with Gasteiger partial charge in [0.2, 0.25) is 10.0 Å². The maximum absolute atomic E-state index is 11.6. The van der Waals surface area contributed by atoms with Crippen LogP contribution in [0.25, 0.3) is 0 Å². The molecule has 0 aliphatic carbocycles. The highest BCUT2D eigenvalue weighted by atomic mass is 32.2. The molecule has 96 valence electrons. The topological polar surface area (TPSA) is 75.6 Å². The van der Waals surface area contributed by atoms with E-state index in [0.717, 1.165) is 32.1 Å². The summed E-state index contributed by atoms with van der Waals surface area (Å²) in [5.41, 5.74) is 0. The maximum Gasteiger partial charge on any atom is 0.214 e. The van der Waals surface area contributed by atoms with Gasteiger partial charge >= 0.3 is 0 Å². The first-order valence-electron chi connectivity index (χ1n) is 5.84. The Morgan fingerprint density at radius 1 is 1.31 bits per heavy atom. The lowest BCUT2D eigenvalue weighted by Gasteiger charge is -2.10. The third-order valence-corrected chi connectivity index (χ3v) is 4.04. The standard InChI is InChI=1S/C10H21NO4S/c12-7-3-1-2-6-11-16(13,14)9-10-5-4-8-15-10/h10-12H,1-9H2. The summed E-state index contributed by atoms with van der Waals surface area (Å²) in [6.07, 6.45) is 4.01. The largest absolute Gasteiger partial charge is 0.396 e. The van der Waals surface area contributed by atoms with Crippen molar-refractivity contribution in [3.05, 3.63) is 0 Å². The Morgan fingerprint density at radius 3 is 2.75 bits per heavy atom. The molecule has 0 amide bonds. The fourth-order valence-corrected chi connectivity index (χ4v) is 3.05. The van der Waals surface area contributed by atoms with Gasteiger partial charge in [-0.15, -0.1) is 0 Å². The second kappa shape index (κ2) is 7.21. The third kappa shape index (κ3) is 5.79. The fraction of sp³-hybridized carbons (Fsp3) is 1.00. The summed E-state index contributed by atoms with van der Waals surface area (Å²) in [6.45, 7) is 1.30. The summed E-state index contributed by atoms with van der Waals surface area (Å²) < 4.78 is 31.0. The van der Waals surface area contributed by atoms with Gasteiger partial charge in [-0.1, -0.05) is 0 Å². The van der Waals surface area contributed by atoms with Crippen molar-refractivity contribution < 1.29 is 18.3 Å². The smallest absolute Gasteiger partial charge is 0.214 e. The predicted molar refractivity (Wildman–Crippen MR) is 61.7 cm³/mol. The van der Waals surface area contributed by atoms with E-state index in [1.807, 2.05) is 0 Å². The molecule has 1 atom stereocenters. The molecule has 1 aliphatic rings. The third-order valence-electron chi connectivity index (χ3n) is 2.59. The Labute approximate surface area is 97.2 Å². The van der Waals surface area contributed by atoms with Crippen molar-refractivity contribution >= 4 is 10.0 Å². The molecule has 0 bridgehead atoms. The minimum absolute atomic E-state index is 0.0764. The average Bonchev–Trinajstić information content (AvgIpc) is 2.69. The number of aliphatic hydroxyl groups excluding tert-OH is 1. The van der Waals surface area contributed by atoms with Crippen LogP contribution in [0.2, 0.25) is 0 Å². The molecule has 0 aromatic carbocycles. The summed E-state index contributed by atoms with van der Waals surface area (Å²) >= 11 is 0. The lowest BCUT2D eigenvalue weighted by molar-refractivity contribution is 0.127. The summed E-state index contributed by atoms with van der Waals surface area (Å²) in [5.74, 6) is 0.0764. The molecule has 1 fully saturated rings. The van der Waals surface area contributed by atoms with Crippen LogP contribution >= 0.6 is 0 Å². The molecule has 1 unspecified atom stereocenters. The van der Waals surface area contributed by atoms with E-state index in [1.54, 1.807) is 0 Å². The van der Waals surface area contributed by atoms with Crippen molar-refractivity contribution in [3.8, 4) is 0 Å². The van der Waals surface area contributed by atoms with Crippen LogP contribution in [0.1, 0.15) is 32.1 Å². The highest BCUT2D eigenvalue weighted by Gasteiger charge is 2.22. The van der Waals surface area contributed by atoms with Gasteiger partial charge < -0.3 is 9.84 Å². The summed E-state index contributed by atoms with van der Waals surface area (Å²) in [6, 6.07) is 0. The van der Waals surface area contributed by atoms with Crippen LogP contribution in [-0.2, 0) is 14.8 Å². The molecule has 1 heterocycles. The summed E-state index contributed by atoms with van der Waals surface area (Å²) in [4.78, 5) is 0. The molecule has 0 saturated carbocycles. The number of unbranched alkanes of at least 4 members (excludes halogenated alkanes) is 2. The Morgan fingerprint density at radius 2 is 2.12 bits per heavy atom. The lowest BCUT2D eigenvalue weighted by Crippen LogP contribution is -2.32. The van der Waals surface area contributed by atoms with E-state index in [9.17, 15) is 8.42 Å². The number of hydrogen-bond acceptors (Lipinski definition) is 4. The van der Waals surface area contributed by atoms with Gasteiger partial charge in [-0.25, -0.2) is 13.1 Å². The molecule has 1 aliphatic heterocycles. The highest BCUT2D eigenvalue weighted by Crippen LogP contribution is 2.13. The van der Waals surface area contributed by atoms with Gasteiger partial charge in [0.25, 0.3) is 0 Å². The van der Waals surface area contributed by atoms with E-state index in [1.165, 1.54) is 0 Å². The first-order valence-corrected chi connectivity index (χ1v) is 7.49. The van der Waals surface area contributed by atoms with Gasteiger partial charge in [-0.05, 0) is 32.1 Å². The van der Waals surface area contributed by atoms with Crippen LogP contribution in [0.4, 0.5) is 0 Å². The second-order valence-electron chi connectivity index (χ2n) is 4.10. The van der Waals surface area contributed by atoms with Gasteiger partial charge in [-0.3, -0.25) is 0 Å². The molecular weight excluding hydrogens is 230 g/mol. The first-order chi connectivity index (χ1) is 7.64. The molecule has 16 heavy (non-hydrogen) atoms. The maximum atomic E-state index is 11.6. The zero-order chi connectivity index (χ0) is 11.9.